The summed E-state index contributed by atoms with van der Waals surface area (Å²) in [5, 5.41) is 7.61. The number of hydrogen-bond donors (Lipinski definition) is 0. The number of rotatable bonds is 3. The van der Waals surface area contributed by atoms with E-state index in [-0.39, 0.29) is 5.82 Å². The average Bonchev–Trinajstić information content (AvgIpc) is 3.11. The first-order valence-electron chi connectivity index (χ1n) is 5.95. The molecule has 0 saturated heterocycles. The highest BCUT2D eigenvalue weighted by molar-refractivity contribution is 6.31. The van der Waals surface area contributed by atoms with E-state index in [1.807, 2.05) is 0 Å². The molecule has 22 heavy (non-hydrogen) atoms. The predicted molar refractivity (Wildman–Crippen MR) is 68.9 cm³/mol. The summed E-state index contributed by atoms with van der Waals surface area (Å²) in [6.07, 6.45) is -1.76. The van der Waals surface area contributed by atoms with Gasteiger partial charge in [0.05, 0.1) is 6.54 Å². The van der Waals surface area contributed by atoms with Gasteiger partial charge in [0.25, 0.3) is 0 Å². The molecule has 0 aliphatic rings. The van der Waals surface area contributed by atoms with Crippen molar-refractivity contribution in [2.45, 2.75) is 12.7 Å². The minimum Gasteiger partial charge on any atom is -0.329 e. The summed E-state index contributed by atoms with van der Waals surface area (Å²) < 4.78 is 43.1. The zero-order valence-corrected chi connectivity index (χ0v) is 11.5. The third kappa shape index (κ3) is 2.93. The molecule has 0 amide bonds. The quantitative estimate of drug-likeness (QED) is 0.738. The van der Waals surface area contributed by atoms with Gasteiger partial charge in [-0.15, -0.1) is 0 Å². The van der Waals surface area contributed by atoms with E-state index in [9.17, 15) is 13.2 Å². The maximum atomic E-state index is 12.4. The van der Waals surface area contributed by atoms with Crippen LogP contribution in [0.4, 0.5) is 13.2 Å². The molecule has 10 heteroatoms. The summed E-state index contributed by atoms with van der Waals surface area (Å²) in [5.41, 5.74) is 1.06. The Kier molecular flexibility index (Phi) is 3.57. The fourth-order valence-electron chi connectivity index (χ4n) is 1.76. The first-order valence-corrected chi connectivity index (χ1v) is 6.33. The van der Waals surface area contributed by atoms with E-state index < -0.39 is 12.1 Å². The van der Waals surface area contributed by atoms with Gasteiger partial charge in [0.1, 0.15) is 12.7 Å². The molecule has 0 unspecified atom stereocenters. The number of nitrogens with zero attached hydrogens (tertiary/aromatic N) is 5. The Morgan fingerprint density at radius 1 is 1.27 bits per heavy atom. The second-order valence-corrected chi connectivity index (χ2v) is 4.73. The molecule has 0 fully saturated rings. The molecule has 0 radical (unpaired) electrons. The molecule has 0 atom stereocenters. The van der Waals surface area contributed by atoms with E-state index in [4.69, 9.17) is 11.6 Å². The number of hydrogen-bond acceptors (Lipinski definition) is 5. The molecule has 2 heterocycles. The van der Waals surface area contributed by atoms with Gasteiger partial charge in [0.15, 0.2) is 0 Å². The van der Waals surface area contributed by atoms with Crippen molar-refractivity contribution in [3.05, 3.63) is 47.3 Å². The minimum atomic E-state index is -4.68. The number of benzene rings is 1. The molecule has 6 nitrogen and oxygen atoms in total. The standard InChI is InChI=1S/C12H7ClF3N5O/c13-9-3-7(10-19-11(22-20-10)12(14,15)16)1-2-8(9)4-21-6-17-5-18-21/h1-3,5-6H,4H2. The lowest BCUT2D eigenvalue weighted by Crippen LogP contribution is -2.04. The van der Waals surface area contributed by atoms with E-state index in [0.29, 0.717) is 17.1 Å². The second-order valence-electron chi connectivity index (χ2n) is 4.32. The minimum absolute atomic E-state index is 0.179. The van der Waals surface area contributed by atoms with Crippen molar-refractivity contribution in [2.24, 2.45) is 0 Å². The van der Waals surface area contributed by atoms with Gasteiger partial charge < -0.3 is 4.52 Å². The SMILES string of the molecule is FC(F)(F)c1nc(-c2ccc(Cn3cncn3)c(Cl)c2)no1. The number of halogens is 4. The molecule has 0 aliphatic heterocycles. The van der Waals surface area contributed by atoms with Crippen molar-refractivity contribution in [1.29, 1.82) is 0 Å². The third-order valence-corrected chi connectivity index (χ3v) is 3.13. The first kappa shape index (κ1) is 14.5. The molecule has 1 aromatic carbocycles. The Morgan fingerprint density at radius 3 is 2.68 bits per heavy atom. The summed E-state index contributed by atoms with van der Waals surface area (Å²) in [6.45, 7) is 0.388. The van der Waals surface area contributed by atoms with E-state index in [1.165, 1.54) is 18.7 Å². The van der Waals surface area contributed by atoms with Crippen LogP contribution in [0, 0.1) is 0 Å². The Hall–Kier alpha value is -2.42. The molecular weight excluding hydrogens is 323 g/mol. The third-order valence-electron chi connectivity index (χ3n) is 2.78. The molecule has 0 saturated carbocycles. The molecule has 114 valence electrons. The fraction of sp³-hybridized carbons (Fsp3) is 0.167. The first-order chi connectivity index (χ1) is 10.4. The lowest BCUT2D eigenvalue weighted by molar-refractivity contribution is -0.159. The van der Waals surface area contributed by atoms with Crippen molar-refractivity contribution < 1.29 is 17.7 Å². The van der Waals surface area contributed by atoms with Gasteiger partial charge in [-0.05, 0) is 11.6 Å². The van der Waals surface area contributed by atoms with Crippen LogP contribution in [0.3, 0.4) is 0 Å². The van der Waals surface area contributed by atoms with Gasteiger partial charge in [-0.3, -0.25) is 0 Å². The van der Waals surface area contributed by atoms with Crippen molar-refractivity contribution >= 4 is 11.6 Å². The maximum Gasteiger partial charge on any atom is 0.471 e. The van der Waals surface area contributed by atoms with Crippen LogP contribution >= 0.6 is 11.6 Å². The topological polar surface area (TPSA) is 69.6 Å². The second kappa shape index (κ2) is 5.41. The zero-order chi connectivity index (χ0) is 15.7. The van der Waals surface area contributed by atoms with Crippen molar-refractivity contribution in [2.75, 3.05) is 0 Å². The predicted octanol–water partition coefficient (Wildman–Crippen LogP) is 3.05. The molecule has 0 spiro atoms. The number of alkyl halides is 3. The van der Waals surface area contributed by atoms with Crippen LogP contribution in [0.5, 0.6) is 0 Å². The molecular formula is C12H7ClF3N5O. The van der Waals surface area contributed by atoms with Gasteiger partial charge in [0.2, 0.25) is 5.82 Å². The van der Waals surface area contributed by atoms with Crippen LogP contribution < -0.4 is 0 Å². The zero-order valence-electron chi connectivity index (χ0n) is 10.8. The highest BCUT2D eigenvalue weighted by Crippen LogP contribution is 2.30. The molecule has 0 N–H and O–H groups in total. The molecule has 0 aliphatic carbocycles. The largest absolute Gasteiger partial charge is 0.471 e. The monoisotopic (exact) mass is 329 g/mol. The van der Waals surface area contributed by atoms with Gasteiger partial charge in [0, 0.05) is 10.6 Å². The molecule has 2 aromatic heterocycles. The summed E-state index contributed by atoms with van der Waals surface area (Å²) in [7, 11) is 0. The molecule has 3 rings (SSSR count). The van der Waals surface area contributed by atoms with Crippen LogP contribution in [-0.2, 0) is 12.7 Å². The highest BCUT2D eigenvalue weighted by atomic mass is 35.5. The smallest absolute Gasteiger partial charge is 0.329 e. The van der Waals surface area contributed by atoms with Crippen LogP contribution in [0.15, 0.2) is 35.4 Å². The lowest BCUT2D eigenvalue weighted by Gasteiger charge is -2.05. The van der Waals surface area contributed by atoms with Crippen LogP contribution in [0.2, 0.25) is 5.02 Å². The van der Waals surface area contributed by atoms with Crippen molar-refractivity contribution in [1.82, 2.24) is 24.9 Å². The normalized spacial score (nSPS) is 11.8. The Morgan fingerprint density at radius 2 is 2.09 bits per heavy atom. The fourth-order valence-corrected chi connectivity index (χ4v) is 2.00. The molecule has 0 bridgehead atoms. The summed E-state index contributed by atoms with van der Waals surface area (Å²) in [5.74, 6) is -1.58. The van der Waals surface area contributed by atoms with Crippen LogP contribution in [-0.4, -0.2) is 24.9 Å². The maximum absolute atomic E-state index is 12.4. The van der Waals surface area contributed by atoms with Gasteiger partial charge in [-0.2, -0.15) is 23.3 Å². The van der Waals surface area contributed by atoms with Gasteiger partial charge >= 0.3 is 12.1 Å². The summed E-state index contributed by atoms with van der Waals surface area (Å²) in [6, 6.07) is 4.69. The van der Waals surface area contributed by atoms with E-state index in [2.05, 4.69) is 24.7 Å². The van der Waals surface area contributed by atoms with E-state index in [1.54, 1.807) is 16.8 Å². The van der Waals surface area contributed by atoms with Crippen molar-refractivity contribution in [3.63, 3.8) is 0 Å². The average molecular weight is 330 g/mol. The van der Waals surface area contributed by atoms with E-state index >= 15 is 0 Å². The Labute approximate surface area is 126 Å². The van der Waals surface area contributed by atoms with Crippen LogP contribution in [0.25, 0.3) is 11.4 Å². The Balaban J connectivity index is 1.87. The van der Waals surface area contributed by atoms with Gasteiger partial charge in [-0.1, -0.05) is 28.9 Å². The van der Waals surface area contributed by atoms with Gasteiger partial charge in [-0.25, -0.2) is 9.67 Å². The number of aromatic nitrogens is 5. The van der Waals surface area contributed by atoms with Crippen LogP contribution in [0.1, 0.15) is 11.5 Å². The van der Waals surface area contributed by atoms with E-state index in [0.717, 1.165) is 5.56 Å². The summed E-state index contributed by atoms with van der Waals surface area (Å²) in [4.78, 5) is 7.12. The summed E-state index contributed by atoms with van der Waals surface area (Å²) >= 11 is 6.12. The van der Waals surface area contributed by atoms with Crippen molar-refractivity contribution in [3.8, 4) is 11.4 Å². The Bertz CT molecular complexity index is 784. The highest BCUT2D eigenvalue weighted by Gasteiger charge is 2.38. The molecule has 3 aromatic rings. The lowest BCUT2D eigenvalue weighted by atomic mass is 10.1.